The van der Waals surface area contributed by atoms with Gasteiger partial charge in [-0.2, -0.15) is 11.8 Å². The topological polar surface area (TPSA) is 24.9 Å². The Morgan fingerprint density at radius 2 is 2.00 bits per heavy atom. The first-order valence-electron chi connectivity index (χ1n) is 7.68. The first-order valence-corrected chi connectivity index (χ1v) is 9.37. The Morgan fingerprint density at radius 1 is 1.14 bits per heavy atom. The van der Waals surface area contributed by atoms with E-state index in [0.29, 0.717) is 0 Å². The van der Waals surface area contributed by atoms with Crippen molar-refractivity contribution in [3.05, 3.63) is 35.5 Å². The minimum atomic E-state index is 0.734. The lowest BCUT2D eigenvalue weighted by atomic mass is 9.92. The summed E-state index contributed by atoms with van der Waals surface area (Å²) in [5, 5.41) is 4.94. The quantitative estimate of drug-likeness (QED) is 0.626. The molecule has 0 radical (unpaired) electrons. The summed E-state index contributed by atoms with van der Waals surface area (Å²) in [6.45, 7) is 0.988. The van der Waals surface area contributed by atoms with E-state index in [1.54, 1.807) is 0 Å². The van der Waals surface area contributed by atoms with Crippen molar-refractivity contribution in [2.24, 2.45) is 0 Å². The van der Waals surface area contributed by atoms with Gasteiger partial charge in [-0.15, -0.1) is 11.6 Å². The molecule has 1 aliphatic rings. The number of pyridine rings is 1. The molecule has 0 bridgehead atoms. The molecular formula is C17H21ClN2S. The number of halogens is 1. The third-order valence-corrected chi connectivity index (χ3v) is 5.34. The molecule has 1 aromatic heterocycles. The molecule has 0 saturated heterocycles. The molecule has 21 heavy (non-hydrogen) atoms. The lowest BCUT2D eigenvalue weighted by Gasteiger charge is -2.21. The van der Waals surface area contributed by atoms with Crippen LogP contribution in [0.25, 0.3) is 10.9 Å². The van der Waals surface area contributed by atoms with Crippen molar-refractivity contribution in [3.63, 3.8) is 0 Å². The number of para-hydroxylation sites is 1. The highest BCUT2D eigenvalue weighted by atomic mass is 35.5. The molecule has 112 valence electrons. The SMILES string of the molecule is ClCCSCCNc1c2c(nc3ccccc13)CCCC2. The van der Waals surface area contributed by atoms with Crippen molar-refractivity contribution in [2.45, 2.75) is 25.7 Å². The lowest BCUT2D eigenvalue weighted by molar-refractivity contribution is 0.672. The highest BCUT2D eigenvalue weighted by Crippen LogP contribution is 2.33. The minimum Gasteiger partial charge on any atom is -0.383 e. The van der Waals surface area contributed by atoms with E-state index in [0.717, 1.165) is 42.3 Å². The van der Waals surface area contributed by atoms with Gasteiger partial charge in [-0.1, -0.05) is 18.2 Å². The summed E-state index contributed by atoms with van der Waals surface area (Å²) < 4.78 is 0. The normalized spacial score (nSPS) is 14.1. The lowest BCUT2D eigenvalue weighted by Crippen LogP contribution is -2.13. The zero-order valence-corrected chi connectivity index (χ0v) is 13.8. The molecule has 1 aliphatic carbocycles. The molecule has 0 atom stereocenters. The van der Waals surface area contributed by atoms with Crippen LogP contribution in [0.4, 0.5) is 5.69 Å². The predicted molar refractivity (Wildman–Crippen MR) is 94.9 cm³/mol. The number of nitrogens with one attached hydrogen (secondary N) is 1. The van der Waals surface area contributed by atoms with Gasteiger partial charge in [0.25, 0.3) is 0 Å². The molecule has 0 aliphatic heterocycles. The number of alkyl halides is 1. The molecular weight excluding hydrogens is 300 g/mol. The molecule has 3 rings (SSSR count). The van der Waals surface area contributed by atoms with Gasteiger partial charge in [-0.05, 0) is 37.3 Å². The van der Waals surface area contributed by atoms with Crippen LogP contribution in [0, 0.1) is 0 Å². The van der Waals surface area contributed by atoms with Crippen molar-refractivity contribution in [1.82, 2.24) is 4.98 Å². The molecule has 0 fully saturated rings. The molecule has 4 heteroatoms. The second kappa shape index (κ2) is 7.37. The van der Waals surface area contributed by atoms with E-state index >= 15 is 0 Å². The Labute approximate surface area is 135 Å². The van der Waals surface area contributed by atoms with Crippen molar-refractivity contribution in [3.8, 4) is 0 Å². The van der Waals surface area contributed by atoms with Crippen LogP contribution in [0.5, 0.6) is 0 Å². The highest BCUT2D eigenvalue weighted by molar-refractivity contribution is 7.99. The second-order valence-corrected chi connectivity index (χ2v) is 6.97. The van der Waals surface area contributed by atoms with E-state index < -0.39 is 0 Å². The average molecular weight is 321 g/mol. The van der Waals surface area contributed by atoms with Gasteiger partial charge in [0, 0.05) is 40.7 Å². The van der Waals surface area contributed by atoms with Crippen LogP contribution < -0.4 is 5.32 Å². The van der Waals surface area contributed by atoms with Crippen LogP contribution in [-0.4, -0.2) is 28.9 Å². The van der Waals surface area contributed by atoms with E-state index in [1.165, 1.54) is 35.2 Å². The van der Waals surface area contributed by atoms with Gasteiger partial charge in [-0.25, -0.2) is 0 Å². The molecule has 2 aromatic rings. The molecule has 2 nitrogen and oxygen atoms in total. The number of benzene rings is 1. The van der Waals surface area contributed by atoms with E-state index in [1.807, 2.05) is 11.8 Å². The fourth-order valence-corrected chi connectivity index (χ4v) is 3.87. The number of aryl methyl sites for hydroxylation is 1. The summed E-state index contributed by atoms with van der Waals surface area (Å²) in [5.41, 5.74) is 5.19. The highest BCUT2D eigenvalue weighted by Gasteiger charge is 2.17. The fraction of sp³-hybridized carbons (Fsp3) is 0.471. The van der Waals surface area contributed by atoms with Gasteiger partial charge >= 0.3 is 0 Å². The summed E-state index contributed by atoms with van der Waals surface area (Å²) in [4.78, 5) is 4.87. The van der Waals surface area contributed by atoms with E-state index in [4.69, 9.17) is 16.6 Å². The standard InChI is InChI=1S/C17H21ClN2S/c18-9-11-21-12-10-19-17-13-5-1-3-7-15(13)20-16-8-4-2-6-14(16)17/h1,3,5,7H,2,4,6,8-12H2,(H,19,20). The van der Waals surface area contributed by atoms with Crippen LogP contribution in [-0.2, 0) is 12.8 Å². The molecule has 1 aromatic carbocycles. The first kappa shape index (κ1) is 15.0. The molecule has 0 spiro atoms. The third-order valence-electron chi connectivity index (χ3n) is 3.94. The zero-order chi connectivity index (χ0) is 14.5. The van der Waals surface area contributed by atoms with Gasteiger partial charge in [0.15, 0.2) is 0 Å². The number of thioether (sulfide) groups is 1. The minimum absolute atomic E-state index is 0.734. The number of hydrogen-bond donors (Lipinski definition) is 1. The van der Waals surface area contributed by atoms with Gasteiger partial charge in [-0.3, -0.25) is 4.98 Å². The molecule has 0 saturated carbocycles. The van der Waals surface area contributed by atoms with Gasteiger partial charge in [0.2, 0.25) is 0 Å². The maximum atomic E-state index is 5.72. The number of hydrogen-bond acceptors (Lipinski definition) is 3. The zero-order valence-electron chi connectivity index (χ0n) is 12.2. The predicted octanol–water partition coefficient (Wildman–Crippen LogP) is 4.50. The summed E-state index contributed by atoms with van der Waals surface area (Å²) in [6.07, 6.45) is 4.83. The van der Waals surface area contributed by atoms with Gasteiger partial charge in [0.05, 0.1) is 5.52 Å². The van der Waals surface area contributed by atoms with E-state index in [2.05, 4.69) is 29.6 Å². The summed E-state index contributed by atoms with van der Waals surface area (Å²) in [6, 6.07) is 8.49. The van der Waals surface area contributed by atoms with Gasteiger partial charge in [0.1, 0.15) is 0 Å². The van der Waals surface area contributed by atoms with E-state index in [-0.39, 0.29) is 0 Å². The van der Waals surface area contributed by atoms with Crippen molar-refractivity contribution in [1.29, 1.82) is 0 Å². The van der Waals surface area contributed by atoms with E-state index in [9.17, 15) is 0 Å². The Kier molecular flexibility index (Phi) is 5.26. The van der Waals surface area contributed by atoms with Crippen molar-refractivity contribution in [2.75, 3.05) is 29.2 Å². The summed E-state index contributed by atoms with van der Waals surface area (Å²) in [7, 11) is 0. The maximum Gasteiger partial charge on any atom is 0.0726 e. The fourth-order valence-electron chi connectivity index (χ4n) is 2.98. The number of anilines is 1. The largest absolute Gasteiger partial charge is 0.383 e. The van der Waals surface area contributed by atoms with Crippen molar-refractivity contribution >= 4 is 40.0 Å². The maximum absolute atomic E-state index is 5.72. The number of nitrogens with zero attached hydrogens (tertiary/aromatic N) is 1. The average Bonchev–Trinajstić information content (AvgIpc) is 2.53. The third kappa shape index (κ3) is 3.46. The van der Waals surface area contributed by atoms with Gasteiger partial charge < -0.3 is 5.32 Å². The van der Waals surface area contributed by atoms with Crippen LogP contribution >= 0.6 is 23.4 Å². The number of fused-ring (bicyclic) bond motifs is 2. The van der Waals surface area contributed by atoms with Crippen LogP contribution in [0.15, 0.2) is 24.3 Å². The molecule has 0 unspecified atom stereocenters. The summed E-state index contributed by atoms with van der Waals surface area (Å²) in [5.74, 6) is 2.86. The molecule has 0 amide bonds. The monoisotopic (exact) mass is 320 g/mol. The van der Waals surface area contributed by atoms with Crippen LogP contribution in [0.1, 0.15) is 24.1 Å². The Balaban J connectivity index is 1.87. The Bertz CT molecular complexity index is 615. The molecule has 1 N–H and O–H groups in total. The van der Waals surface area contributed by atoms with Crippen molar-refractivity contribution < 1.29 is 0 Å². The van der Waals surface area contributed by atoms with Crippen LogP contribution in [0.3, 0.4) is 0 Å². The Hall–Kier alpha value is -0.930. The second-order valence-electron chi connectivity index (χ2n) is 5.36. The Morgan fingerprint density at radius 3 is 2.90 bits per heavy atom. The number of aromatic nitrogens is 1. The number of rotatable bonds is 6. The van der Waals surface area contributed by atoms with Crippen LogP contribution in [0.2, 0.25) is 0 Å². The summed E-state index contributed by atoms with van der Waals surface area (Å²) >= 11 is 7.63. The first-order chi connectivity index (χ1) is 10.4. The smallest absolute Gasteiger partial charge is 0.0726 e. The molecule has 1 heterocycles.